The first-order chi connectivity index (χ1) is 10.7. The van der Waals surface area contributed by atoms with Gasteiger partial charge in [-0.1, -0.05) is 19.1 Å². The summed E-state index contributed by atoms with van der Waals surface area (Å²) in [7, 11) is -4.22. The smallest absolute Gasteiger partial charge is 0.207 e. The van der Waals surface area contributed by atoms with Gasteiger partial charge >= 0.3 is 6.18 Å². The van der Waals surface area contributed by atoms with Crippen LogP contribution in [0.4, 0.5) is 13.2 Å². The first-order valence-corrected chi connectivity index (χ1v) is 9.27. The van der Waals surface area contributed by atoms with Crippen molar-refractivity contribution in [2.45, 2.75) is 31.0 Å². The van der Waals surface area contributed by atoms with Crippen molar-refractivity contribution in [3.8, 4) is 0 Å². The zero-order chi connectivity index (χ0) is 17.1. The Morgan fingerprint density at radius 3 is 2.22 bits per heavy atom. The van der Waals surface area contributed by atoms with Crippen LogP contribution in [0, 0.1) is 0 Å². The Bertz CT molecular complexity index is 723. The third-order valence-electron chi connectivity index (χ3n) is 3.26. The van der Waals surface area contributed by atoms with E-state index in [1.54, 1.807) is 29.0 Å². The van der Waals surface area contributed by atoms with Crippen molar-refractivity contribution in [1.82, 2.24) is 4.31 Å². The van der Waals surface area contributed by atoms with Crippen LogP contribution in [0.1, 0.15) is 18.1 Å². The van der Waals surface area contributed by atoms with Gasteiger partial charge in [-0.15, -0.1) is 0 Å². The van der Waals surface area contributed by atoms with Gasteiger partial charge in [-0.05, 0) is 46.5 Å². The lowest BCUT2D eigenvalue weighted by molar-refractivity contribution is -0.136. The largest absolute Gasteiger partial charge is 0.402 e. The van der Waals surface area contributed by atoms with E-state index in [1.807, 2.05) is 6.92 Å². The maximum atomic E-state index is 12.8. The van der Waals surface area contributed by atoms with Crippen molar-refractivity contribution < 1.29 is 21.6 Å². The highest BCUT2D eigenvalue weighted by Crippen LogP contribution is 2.25. The third-order valence-corrected chi connectivity index (χ3v) is 5.80. The van der Waals surface area contributed by atoms with Crippen LogP contribution in [0.2, 0.25) is 0 Å². The molecule has 0 radical (unpaired) electrons. The van der Waals surface area contributed by atoms with E-state index in [4.69, 9.17) is 0 Å². The zero-order valence-corrected chi connectivity index (χ0v) is 14.0. The summed E-state index contributed by atoms with van der Waals surface area (Å²) in [4.78, 5) is -0.130. The maximum absolute atomic E-state index is 12.8. The molecule has 0 bridgehead atoms. The normalized spacial score (nSPS) is 12.7. The van der Waals surface area contributed by atoms with Crippen LogP contribution in [0.3, 0.4) is 0 Å². The van der Waals surface area contributed by atoms with E-state index in [0.717, 1.165) is 12.0 Å². The minimum atomic E-state index is -4.60. The van der Waals surface area contributed by atoms with Gasteiger partial charge in [-0.2, -0.15) is 28.8 Å². The number of halogens is 3. The van der Waals surface area contributed by atoms with Crippen molar-refractivity contribution in [3.63, 3.8) is 0 Å². The first-order valence-electron chi connectivity index (χ1n) is 6.89. The van der Waals surface area contributed by atoms with Crippen LogP contribution in [0.15, 0.2) is 46.0 Å². The van der Waals surface area contributed by atoms with Crippen molar-refractivity contribution in [3.05, 3.63) is 52.2 Å². The molecule has 0 unspecified atom stereocenters. The molecule has 1 heterocycles. The Kier molecular flexibility index (Phi) is 5.49. The Hall–Kier alpha value is -1.38. The number of thiophene rings is 1. The van der Waals surface area contributed by atoms with E-state index < -0.39 is 22.7 Å². The number of benzene rings is 1. The van der Waals surface area contributed by atoms with Gasteiger partial charge in [0.25, 0.3) is 0 Å². The molecule has 0 spiro atoms. The van der Waals surface area contributed by atoms with Gasteiger partial charge in [-0.3, -0.25) is 0 Å². The molecule has 8 heteroatoms. The summed E-state index contributed by atoms with van der Waals surface area (Å²) < 4.78 is 64.0. The minimum absolute atomic E-state index is 0.130. The predicted molar refractivity (Wildman–Crippen MR) is 83.8 cm³/mol. The molecule has 23 heavy (non-hydrogen) atoms. The molecule has 126 valence electrons. The average Bonchev–Trinajstić information content (AvgIpc) is 2.98. The zero-order valence-electron chi connectivity index (χ0n) is 12.4. The molecule has 1 aromatic heterocycles. The monoisotopic (exact) mass is 363 g/mol. The lowest BCUT2D eigenvalue weighted by Crippen LogP contribution is -2.38. The molecule has 1 aromatic carbocycles. The summed E-state index contributed by atoms with van der Waals surface area (Å²) in [5.41, 5.74) is 1.46. The Morgan fingerprint density at radius 1 is 1.09 bits per heavy atom. The Labute approximate surface area is 137 Å². The topological polar surface area (TPSA) is 37.4 Å². The summed E-state index contributed by atoms with van der Waals surface area (Å²) >= 11 is 1.31. The number of rotatable bonds is 6. The number of hydrogen-bond acceptors (Lipinski definition) is 3. The van der Waals surface area contributed by atoms with Crippen molar-refractivity contribution >= 4 is 21.4 Å². The molecule has 0 saturated carbocycles. The third kappa shape index (κ3) is 4.79. The molecule has 2 aromatic rings. The second-order valence-corrected chi connectivity index (χ2v) is 7.74. The Morgan fingerprint density at radius 2 is 1.74 bits per heavy atom. The highest BCUT2D eigenvalue weighted by molar-refractivity contribution is 7.89. The van der Waals surface area contributed by atoms with E-state index in [0.29, 0.717) is 9.87 Å². The highest BCUT2D eigenvalue weighted by atomic mass is 32.2. The summed E-state index contributed by atoms with van der Waals surface area (Å²) in [6.45, 7) is 0.0949. The molecule has 3 nitrogen and oxygen atoms in total. The highest BCUT2D eigenvalue weighted by Gasteiger charge is 2.37. The first kappa shape index (κ1) is 18.0. The summed E-state index contributed by atoms with van der Waals surface area (Å²) in [6, 6.07) is 7.55. The second kappa shape index (κ2) is 7.02. The number of alkyl halides is 3. The molecule has 0 N–H and O–H groups in total. The molecular formula is C15H16F3NO2S2. The van der Waals surface area contributed by atoms with Gasteiger partial charge in [0.05, 0.1) is 4.90 Å². The molecule has 0 fully saturated rings. The number of aryl methyl sites for hydroxylation is 1. The molecule has 0 aliphatic heterocycles. The maximum Gasteiger partial charge on any atom is 0.402 e. The van der Waals surface area contributed by atoms with E-state index in [1.165, 1.54) is 23.5 Å². The van der Waals surface area contributed by atoms with Gasteiger partial charge in [0.15, 0.2) is 0 Å². The molecule has 0 saturated heterocycles. The molecular weight excluding hydrogens is 347 g/mol. The van der Waals surface area contributed by atoms with E-state index in [2.05, 4.69) is 0 Å². The van der Waals surface area contributed by atoms with E-state index >= 15 is 0 Å². The molecule has 0 aliphatic carbocycles. The van der Waals surface area contributed by atoms with Gasteiger partial charge in [0, 0.05) is 6.54 Å². The standard InChI is InChI=1S/C15H16F3NO2S2/c1-2-12-3-5-14(6-4-12)23(20,21)19(11-15(16,17)18)9-13-7-8-22-10-13/h3-8,10H,2,9,11H2,1H3. The summed E-state index contributed by atoms with van der Waals surface area (Å²) in [6.07, 6.45) is -3.88. The number of nitrogens with zero attached hydrogens (tertiary/aromatic N) is 1. The van der Waals surface area contributed by atoms with Gasteiger partial charge in [0.2, 0.25) is 10.0 Å². The van der Waals surface area contributed by atoms with E-state index in [-0.39, 0.29) is 11.4 Å². The average molecular weight is 363 g/mol. The van der Waals surface area contributed by atoms with E-state index in [9.17, 15) is 21.6 Å². The van der Waals surface area contributed by atoms with Crippen molar-refractivity contribution in [1.29, 1.82) is 0 Å². The van der Waals surface area contributed by atoms with Crippen LogP contribution >= 0.6 is 11.3 Å². The van der Waals surface area contributed by atoms with Gasteiger partial charge in [0.1, 0.15) is 6.54 Å². The fraction of sp³-hybridized carbons (Fsp3) is 0.333. The fourth-order valence-electron chi connectivity index (χ4n) is 2.06. The van der Waals surface area contributed by atoms with Crippen LogP contribution in [-0.2, 0) is 23.0 Å². The molecule has 0 amide bonds. The van der Waals surface area contributed by atoms with Crippen LogP contribution in [0.25, 0.3) is 0 Å². The van der Waals surface area contributed by atoms with Crippen molar-refractivity contribution in [2.24, 2.45) is 0 Å². The lowest BCUT2D eigenvalue weighted by Gasteiger charge is -2.23. The lowest BCUT2D eigenvalue weighted by atomic mass is 10.2. The molecule has 0 aliphatic rings. The van der Waals surface area contributed by atoms with Gasteiger partial charge < -0.3 is 0 Å². The summed E-state index contributed by atoms with van der Waals surface area (Å²) in [5.74, 6) is 0. The molecule has 0 atom stereocenters. The quantitative estimate of drug-likeness (QED) is 0.776. The second-order valence-electron chi connectivity index (χ2n) is 5.02. The molecule has 2 rings (SSSR count). The number of hydrogen-bond donors (Lipinski definition) is 0. The van der Waals surface area contributed by atoms with Gasteiger partial charge in [-0.25, -0.2) is 8.42 Å². The fourth-order valence-corrected chi connectivity index (χ4v) is 4.13. The van der Waals surface area contributed by atoms with Crippen molar-refractivity contribution in [2.75, 3.05) is 6.54 Å². The van der Waals surface area contributed by atoms with Crippen LogP contribution < -0.4 is 0 Å². The van der Waals surface area contributed by atoms with Crippen LogP contribution in [0.5, 0.6) is 0 Å². The predicted octanol–water partition coefficient (Wildman–Crippen LogP) is 4.06. The number of sulfonamides is 1. The van der Waals surface area contributed by atoms with Crippen LogP contribution in [-0.4, -0.2) is 25.4 Å². The SMILES string of the molecule is CCc1ccc(S(=O)(=O)N(Cc2ccsc2)CC(F)(F)F)cc1. The Balaban J connectivity index is 2.34. The summed E-state index contributed by atoms with van der Waals surface area (Å²) in [5, 5.41) is 3.34. The minimum Gasteiger partial charge on any atom is -0.207 e.